The highest BCUT2D eigenvalue weighted by Crippen LogP contribution is 2.31. The summed E-state index contributed by atoms with van der Waals surface area (Å²) >= 11 is 6.08. The lowest BCUT2D eigenvalue weighted by Crippen LogP contribution is -2.26. The van der Waals surface area contributed by atoms with E-state index < -0.39 is 0 Å². The maximum Gasteiger partial charge on any atom is 0.150 e. The quantitative estimate of drug-likeness (QED) is 0.877. The van der Waals surface area contributed by atoms with E-state index in [1.165, 1.54) is 44.9 Å². The fourth-order valence-corrected chi connectivity index (χ4v) is 2.83. The molecule has 1 saturated carbocycles. The van der Waals surface area contributed by atoms with Gasteiger partial charge in [0.05, 0.1) is 0 Å². The van der Waals surface area contributed by atoms with Crippen LogP contribution in [0.3, 0.4) is 0 Å². The van der Waals surface area contributed by atoms with Crippen LogP contribution in [0, 0.1) is 5.92 Å². The number of hydrogen-bond donors (Lipinski definition) is 2. The van der Waals surface area contributed by atoms with Crippen molar-refractivity contribution in [1.29, 1.82) is 0 Å². The SMILES string of the molecule is CCCC1CCC(Nc2ncnc(N)c2Cl)CC1. The van der Waals surface area contributed by atoms with Crippen molar-refractivity contribution in [2.75, 3.05) is 11.1 Å². The Morgan fingerprint density at radius 1 is 1.33 bits per heavy atom. The largest absolute Gasteiger partial charge is 0.382 e. The highest BCUT2D eigenvalue weighted by Gasteiger charge is 2.21. The second-order valence-corrected chi connectivity index (χ2v) is 5.45. The van der Waals surface area contributed by atoms with E-state index in [0.717, 1.165) is 5.92 Å². The summed E-state index contributed by atoms with van der Waals surface area (Å²) in [7, 11) is 0. The van der Waals surface area contributed by atoms with Crippen LogP contribution in [0.2, 0.25) is 5.02 Å². The van der Waals surface area contributed by atoms with Gasteiger partial charge in [0, 0.05) is 6.04 Å². The van der Waals surface area contributed by atoms with Gasteiger partial charge in [0.2, 0.25) is 0 Å². The number of anilines is 2. The van der Waals surface area contributed by atoms with Crippen LogP contribution in [0.1, 0.15) is 45.4 Å². The third-order valence-electron chi connectivity index (χ3n) is 3.70. The van der Waals surface area contributed by atoms with E-state index in [0.29, 0.717) is 22.7 Å². The van der Waals surface area contributed by atoms with Gasteiger partial charge in [-0.3, -0.25) is 0 Å². The molecule has 1 heterocycles. The molecule has 1 aliphatic carbocycles. The fraction of sp³-hybridized carbons (Fsp3) is 0.692. The average molecular weight is 269 g/mol. The Kier molecular flexibility index (Phi) is 4.64. The number of nitrogen functional groups attached to an aromatic ring is 1. The van der Waals surface area contributed by atoms with Crippen molar-refractivity contribution >= 4 is 23.2 Å². The fourth-order valence-electron chi connectivity index (χ4n) is 2.68. The maximum atomic E-state index is 6.08. The second-order valence-electron chi connectivity index (χ2n) is 5.07. The van der Waals surface area contributed by atoms with Gasteiger partial charge >= 0.3 is 0 Å². The van der Waals surface area contributed by atoms with Crippen molar-refractivity contribution in [3.63, 3.8) is 0 Å². The molecule has 1 aliphatic rings. The van der Waals surface area contributed by atoms with Crippen LogP contribution in [0.25, 0.3) is 0 Å². The summed E-state index contributed by atoms with van der Waals surface area (Å²) in [4.78, 5) is 8.02. The monoisotopic (exact) mass is 268 g/mol. The summed E-state index contributed by atoms with van der Waals surface area (Å²) in [6, 6.07) is 0.463. The first kappa shape index (κ1) is 13.4. The van der Waals surface area contributed by atoms with E-state index in [1.807, 2.05) is 0 Å². The molecule has 3 N–H and O–H groups in total. The molecule has 1 aromatic heterocycles. The minimum absolute atomic E-state index is 0.342. The van der Waals surface area contributed by atoms with E-state index in [1.54, 1.807) is 0 Å². The maximum absolute atomic E-state index is 6.08. The molecule has 0 amide bonds. The minimum atomic E-state index is 0.342. The molecule has 4 nitrogen and oxygen atoms in total. The average Bonchev–Trinajstić information content (AvgIpc) is 2.38. The molecule has 1 fully saturated rings. The van der Waals surface area contributed by atoms with Crippen LogP contribution in [-0.2, 0) is 0 Å². The van der Waals surface area contributed by atoms with Crippen LogP contribution in [-0.4, -0.2) is 16.0 Å². The number of hydrogen-bond acceptors (Lipinski definition) is 4. The van der Waals surface area contributed by atoms with Crippen molar-refractivity contribution in [2.24, 2.45) is 5.92 Å². The zero-order chi connectivity index (χ0) is 13.0. The van der Waals surface area contributed by atoms with Crippen molar-refractivity contribution in [2.45, 2.75) is 51.5 Å². The molecule has 0 bridgehead atoms. The molecule has 1 aromatic rings. The standard InChI is InChI=1S/C13H21ClN4/c1-2-3-9-4-6-10(7-5-9)18-13-11(14)12(15)16-8-17-13/h8-10H,2-7H2,1H3,(H3,15,16,17,18). The molecule has 5 heteroatoms. The van der Waals surface area contributed by atoms with Crippen LogP contribution < -0.4 is 11.1 Å². The number of halogens is 1. The van der Waals surface area contributed by atoms with Gasteiger partial charge in [0.1, 0.15) is 17.2 Å². The molecule has 0 unspecified atom stereocenters. The molecule has 100 valence electrons. The summed E-state index contributed by atoms with van der Waals surface area (Å²) in [5.41, 5.74) is 5.66. The summed E-state index contributed by atoms with van der Waals surface area (Å²) in [6.45, 7) is 2.26. The smallest absolute Gasteiger partial charge is 0.150 e. The molecule has 0 aliphatic heterocycles. The number of aromatic nitrogens is 2. The molecule has 2 rings (SSSR count). The zero-order valence-corrected chi connectivity index (χ0v) is 11.6. The van der Waals surface area contributed by atoms with Gasteiger partial charge in [0.15, 0.2) is 5.82 Å². The second kappa shape index (κ2) is 6.23. The summed E-state index contributed by atoms with van der Waals surface area (Å²) < 4.78 is 0. The first-order chi connectivity index (χ1) is 8.70. The molecular weight excluding hydrogens is 248 g/mol. The topological polar surface area (TPSA) is 63.8 Å². The van der Waals surface area contributed by atoms with Gasteiger partial charge < -0.3 is 11.1 Å². The Hall–Kier alpha value is -1.03. The van der Waals surface area contributed by atoms with Crippen LogP contribution >= 0.6 is 11.6 Å². The van der Waals surface area contributed by atoms with Crippen molar-refractivity contribution in [3.05, 3.63) is 11.3 Å². The highest BCUT2D eigenvalue weighted by atomic mass is 35.5. The lowest BCUT2D eigenvalue weighted by molar-refractivity contribution is 0.318. The van der Waals surface area contributed by atoms with E-state index in [4.69, 9.17) is 17.3 Å². The van der Waals surface area contributed by atoms with Gasteiger partial charge in [-0.05, 0) is 31.6 Å². The van der Waals surface area contributed by atoms with E-state index in [2.05, 4.69) is 22.2 Å². The summed E-state index contributed by atoms with van der Waals surface area (Å²) in [6.07, 6.45) is 9.06. The number of nitrogens with zero attached hydrogens (tertiary/aromatic N) is 2. The predicted octanol–water partition coefficient (Wildman–Crippen LogP) is 3.48. The summed E-state index contributed by atoms with van der Waals surface area (Å²) in [5.74, 6) is 1.91. The van der Waals surface area contributed by atoms with Crippen LogP contribution in [0.4, 0.5) is 11.6 Å². The van der Waals surface area contributed by atoms with Crippen molar-refractivity contribution < 1.29 is 0 Å². The highest BCUT2D eigenvalue weighted by molar-refractivity contribution is 6.35. The molecule has 18 heavy (non-hydrogen) atoms. The number of rotatable bonds is 4. The molecule has 0 aromatic carbocycles. The number of nitrogens with two attached hydrogens (primary N) is 1. The van der Waals surface area contributed by atoms with E-state index >= 15 is 0 Å². The summed E-state index contributed by atoms with van der Waals surface area (Å²) in [5, 5.41) is 3.83. The first-order valence-electron chi connectivity index (χ1n) is 6.73. The van der Waals surface area contributed by atoms with Crippen LogP contribution in [0.5, 0.6) is 0 Å². The Balaban J connectivity index is 1.90. The van der Waals surface area contributed by atoms with Crippen LogP contribution in [0.15, 0.2) is 6.33 Å². The third-order valence-corrected chi connectivity index (χ3v) is 4.07. The minimum Gasteiger partial charge on any atom is -0.382 e. The first-order valence-corrected chi connectivity index (χ1v) is 7.11. The molecule has 0 saturated heterocycles. The Labute approximate surface area is 113 Å². The van der Waals surface area contributed by atoms with Gasteiger partial charge in [-0.15, -0.1) is 0 Å². The van der Waals surface area contributed by atoms with Crippen molar-refractivity contribution in [1.82, 2.24) is 9.97 Å². The van der Waals surface area contributed by atoms with Gasteiger partial charge in [-0.1, -0.05) is 31.4 Å². The molecule has 0 atom stereocenters. The Bertz CT molecular complexity index is 389. The van der Waals surface area contributed by atoms with E-state index in [9.17, 15) is 0 Å². The Morgan fingerprint density at radius 2 is 2.06 bits per heavy atom. The van der Waals surface area contributed by atoms with E-state index in [-0.39, 0.29) is 0 Å². The third kappa shape index (κ3) is 3.25. The Morgan fingerprint density at radius 3 is 2.72 bits per heavy atom. The van der Waals surface area contributed by atoms with Gasteiger partial charge in [0.25, 0.3) is 0 Å². The number of nitrogens with one attached hydrogen (secondary N) is 1. The predicted molar refractivity (Wildman–Crippen MR) is 75.7 cm³/mol. The lowest BCUT2D eigenvalue weighted by Gasteiger charge is -2.29. The molecular formula is C13H21ClN4. The van der Waals surface area contributed by atoms with Gasteiger partial charge in [-0.2, -0.15) is 0 Å². The van der Waals surface area contributed by atoms with Crippen molar-refractivity contribution in [3.8, 4) is 0 Å². The normalized spacial score (nSPS) is 23.9. The molecule has 0 radical (unpaired) electrons. The zero-order valence-electron chi connectivity index (χ0n) is 10.8. The molecule has 0 spiro atoms. The lowest BCUT2D eigenvalue weighted by atomic mass is 9.83. The van der Waals surface area contributed by atoms with Gasteiger partial charge in [-0.25, -0.2) is 9.97 Å².